The molecule has 3 aromatic heterocycles. The third kappa shape index (κ3) is 3.69. The number of halogens is 1. The fraction of sp³-hybridized carbons (Fsp3) is 0.0909. The van der Waals surface area contributed by atoms with Gasteiger partial charge in [-0.3, -0.25) is 0 Å². The first-order valence-corrected chi connectivity index (χ1v) is 9.43. The normalized spacial score (nSPS) is 10.7. The third-order valence-corrected chi connectivity index (χ3v) is 4.81. The minimum Gasteiger partial charge on any atom is -0.479 e. The zero-order valence-electron chi connectivity index (χ0n) is 15.7. The number of aromatic hydroxyl groups is 1. The van der Waals surface area contributed by atoms with E-state index in [1.165, 1.54) is 4.40 Å². The summed E-state index contributed by atoms with van der Waals surface area (Å²) in [5.41, 5.74) is 1.57. The Bertz CT molecular complexity index is 1330. The highest BCUT2D eigenvalue weighted by atomic mass is 35.5. The summed E-state index contributed by atoms with van der Waals surface area (Å²) < 4.78 is 8.45. The number of hydrogen-bond acceptors (Lipinski definition) is 5. The molecule has 0 fully saturated rings. The highest BCUT2D eigenvalue weighted by molar-refractivity contribution is 6.29. The Morgan fingerprint density at radius 1 is 1.20 bits per heavy atom. The van der Waals surface area contributed by atoms with Crippen molar-refractivity contribution in [3.8, 4) is 28.8 Å². The van der Waals surface area contributed by atoms with Crippen LogP contribution < -0.4 is 14.9 Å². The number of rotatable bonds is 5. The standard InChI is InChI=1S/C22H15ClN4O3/c23-18-8-7-15(13-25-18)14-27-19-6-1-2-10-26(19)21(28)20(22(27)29)16-4-3-5-17(12-16)30-11-9-24/h1-8,10,12-13H,11,14H2/p+1. The molecule has 0 unspecified atom stereocenters. The molecule has 0 atom stereocenters. The van der Waals surface area contributed by atoms with Gasteiger partial charge in [-0.1, -0.05) is 35.9 Å². The van der Waals surface area contributed by atoms with Crippen molar-refractivity contribution < 1.29 is 14.4 Å². The third-order valence-electron chi connectivity index (χ3n) is 4.58. The van der Waals surface area contributed by atoms with Crippen LogP contribution in [0.5, 0.6) is 11.6 Å². The summed E-state index contributed by atoms with van der Waals surface area (Å²) in [6, 6.07) is 17.4. The van der Waals surface area contributed by atoms with Gasteiger partial charge in [0.05, 0.1) is 6.20 Å². The van der Waals surface area contributed by atoms with Crippen LogP contribution >= 0.6 is 11.6 Å². The molecule has 8 heteroatoms. The van der Waals surface area contributed by atoms with Crippen molar-refractivity contribution in [2.24, 2.45) is 0 Å². The van der Waals surface area contributed by atoms with Gasteiger partial charge in [-0.15, -0.1) is 0 Å². The summed E-state index contributed by atoms with van der Waals surface area (Å²) in [5.74, 6) is 0.248. The minimum atomic E-state index is -0.369. The molecular formula is C22H16ClN4O3+. The van der Waals surface area contributed by atoms with E-state index < -0.39 is 0 Å². The van der Waals surface area contributed by atoms with Gasteiger partial charge in [0.25, 0.3) is 11.5 Å². The van der Waals surface area contributed by atoms with Gasteiger partial charge in [-0.05, 0) is 24.3 Å². The van der Waals surface area contributed by atoms with Gasteiger partial charge in [0.15, 0.2) is 12.2 Å². The highest BCUT2D eigenvalue weighted by Crippen LogP contribution is 2.27. The lowest BCUT2D eigenvalue weighted by Gasteiger charge is -2.11. The molecule has 0 aliphatic rings. The van der Waals surface area contributed by atoms with Crippen LogP contribution in [-0.2, 0) is 6.54 Å². The molecule has 0 bridgehead atoms. The molecule has 0 radical (unpaired) electrons. The summed E-state index contributed by atoms with van der Waals surface area (Å²) in [6.07, 6.45) is 3.27. The Labute approximate surface area is 176 Å². The Morgan fingerprint density at radius 3 is 2.83 bits per heavy atom. The van der Waals surface area contributed by atoms with E-state index in [2.05, 4.69) is 4.98 Å². The lowest BCUT2D eigenvalue weighted by Crippen LogP contribution is -2.41. The van der Waals surface area contributed by atoms with E-state index in [4.69, 9.17) is 21.6 Å². The molecule has 4 rings (SSSR count). The van der Waals surface area contributed by atoms with Gasteiger partial charge in [0, 0.05) is 23.4 Å². The van der Waals surface area contributed by atoms with Crippen LogP contribution in [-0.4, -0.2) is 21.1 Å². The minimum absolute atomic E-state index is 0.115. The van der Waals surface area contributed by atoms with E-state index in [1.54, 1.807) is 65.5 Å². The molecule has 1 N–H and O–H groups in total. The van der Waals surface area contributed by atoms with Crippen molar-refractivity contribution in [2.75, 3.05) is 6.61 Å². The second-order valence-electron chi connectivity index (χ2n) is 6.48. The van der Waals surface area contributed by atoms with Crippen molar-refractivity contribution >= 4 is 17.2 Å². The number of nitriles is 1. The van der Waals surface area contributed by atoms with Gasteiger partial charge >= 0.3 is 5.56 Å². The Hall–Kier alpha value is -3.89. The maximum Gasteiger partial charge on any atom is 0.354 e. The van der Waals surface area contributed by atoms with Crippen molar-refractivity contribution in [1.29, 1.82) is 5.26 Å². The molecular weight excluding hydrogens is 404 g/mol. The number of benzene rings is 1. The topological polar surface area (TPSA) is 91.5 Å². The predicted octanol–water partition coefficient (Wildman–Crippen LogP) is 2.96. The Balaban J connectivity index is 1.92. The summed E-state index contributed by atoms with van der Waals surface area (Å²) in [6.45, 7) is 0.164. The zero-order valence-corrected chi connectivity index (χ0v) is 16.5. The monoisotopic (exact) mass is 419 g/mol. The average molecular weight is 420 g/mol. The van der Waals surface area contributed by atoms with Crippen LogP contribution in [0, 0.1) is 11.3 Å². The van der Waals surface area contributed by atoms with Gasteiger partial charge in [0.2, 0.25) is 0 Å². The fourth-order valence-corrected chi connectivity index (χ4v) is 3.35. The lowest BCUT2D eigenvalue weighted by molar-refractivity contribution is -0.671. The molecule has 0 saturated heterocycles. The van der Waals surface area contributed by atoms with Crippen molar-refractivity contribution in [3.05, 3.63) is 88.1 Å². The van der Waals surface area contributed by atoms with Crippen molar-refractivity contribution in [3.63, 3.8) is 0 Å². The molecule has 148 valence electrons. The first kappa shape index (κ1) is 19.4. The number of pyridine rings is 2. The van der Waals surface area contributed by atoms with Crippen LogP contribution in [0.15, 0.2) is 71.8 Å². The van der Waals surface area contributed by atoms with Gasteiger partial charge in [-0.2, -0.15) is 14.2 Å². The van der Waals surface area contributed by atoms with E-state index in [1.807, 2.05) is 12.1 Å². The molecule has 0 aliphatic carbocycles. The van der Waals surface area contributed by atoms with Crippen LogP contribution in [0.1, 0.15) is 5.56 Å². The molecule has 1 aromatic carbocycles. The van der Waals surface area contributed by atoms with E-state index in [0.29, 0.717) is 22.1 Å². The summed E-state index contributed by atoms with van der Waals surface area (Å²) in [7, 11) is 0. The van der Waals surface area contributed by atoms with Crippen LogP contribution in [0.4, 0.5) is 0 Å². The number of ether oxygens (including phenoxy) is 1. The van der Waals surface area contributed by atoms with Gasteiger partial charge < -0.3 is 9.84 Å². The van der Waals surface area contributed by atoms with Gasteiger partial charge in [0.1, 0.15) is 23.5 Å². The second-order valence-corrected chi connectivity index (χ2v) is 6.87. The largest absolute Gasteiger partial charge is 0.479 e. The van der Waals surface area contributed by atoms with Crippen molar-refractivity contribution in [1.82, 2.24) is 9.38 Å². The first-order valence-electron chi connectivity index (χ1n) is 9.05. The molecule has 0 amide bonds. The summed E-state index contributed by atoms with van der Waals surface area (Å²) >= 11 is 5.87. The number of fused-ring (bicyclic) bond motifs is 1. The molecule has 0 spiro atoms. The molecule has 3 heterocycles. The van der Waals surface area contributed by atoms with E-state index in [-0.39, 0.29) is 30.2 Å². The molecule has 30 heavy (non-hydrogen) atoms. The molecule has 0 aliphatic heterocycles. The highest BCUT2D eigenvalue weighted by Gasteiger charge is 2.25. The maximum absolute atomic E-state index is 13.2. The molecule has 0 saturated carbocycles. The molecule has 4 aromatic rings. The SMILES string of the molecule is N#CCOc1cccc(-c2c(O)[n+](Cc3ccc(Cl)nc3)c3ccccn3c2=O)c1. The predicted molar refractivity (Wildman–Crippen MR) is 110 cm³/mol. The zero-order chi connectivity index (χ0) is 21.1. The molecule has 7 nitrogen and oxygen atoms in total. The van der Waals surface area contributed by atoms with Crippen molar-refractivity contribution in [2.45, 2.75) is 6.54 Å². The lowest BCUT2D eigenvalue weighted by atomic mass is 10.1. The number of hydrogen-bond donors (Lipinski definition) is 1. The van der Waals surface area contributed by atoms with Crippen LogP contribution in [0.3, 0.4) is 0 Å². The number of aromatic nitrogens is 3. The van der Waals surface area contributed by atoms with E-state index in [0.717, 1.165) is 5.56 Å². The van der Waals surface area contributed by atoms with Crippen LogP contribution in [0.25, 0.3) is 16.8 Å². The second kappa shape index (κ2) is 8.23. The maximum atomic E-state index is 13.2. The van der Waals surface area contributed by atoms with Gasteiger partial charge in [-0.25, -0.2) is 9.78 Å². The Morgan fingerprint density at radius 2 is 2.07 bits per heavy atom. The fourth-order valence-electron chi connectivity index (χ4n) is 3.23. The smallest absolute Gasteiger partial charge is 0.354 e. The van der Waals surface area contributed by atoms with Crippen LogP contribution in [0.2, 0.25) is 5.15 Å². The van der Waals surface area contributed by atoms with E-state index >= 15 is 0 Å². The Kier molecular flexibility index (Phi) is 5.33. The number of nitrogens with zero attached hydrogens (tertiary/aromatic N) is 4. The summed E-state index contributed by atoms with van der Waals surface area (Å²) in [5, 5.41) is 20.2. The van der Waals surface area contributed by atoms with E-state index in [9.17, 15) is 9.90 Å². The first-order chi connectivity index (χ1) is 14.6. The quantitative estimate of drug-likeness (QED) is 0.396. The summed E-state index contributed by atoms with van der Waals surface area (Å²) in [4.78, 5) is 17.3. The average Bonchev–Trinajstić information content (AvgIpc) is 2.77.